The molecule has 0 radical (unpaired) electrons. The highest BCUT2D eigenvalue weighted by atomic mass is 16.1. The fourth-order valence-corrected chi connectivity index (χ4v) is 1.29. The summed E-state index contributed by atoms with van der Waals surface area (Å²) in [7, 11) is 0. The van der Waals surface area contributed by atoms with E-state index in [9.17, 15) is 4.79 Å². The predicted octanol–water partition coefficient (Wildman–Crippen LogP) is 2.86. The molecule has 0 N–H and O–H groups in total. The second-order valence-electron chi connectivity index (χ2n) is 2.83. The minimum absolute atomic E-state index is 0.0195. The standard InChI is InChI=1S/C10H8N2O.C2H6/c1-7(13)9-6-11-12-10-5-3-2-4-8(9)10;1-2/h2-6H,1H3;1-2H3. The Morgan fingerprint density at radius 1 is 1.20 bits per heavy atom. The summed E-state index contributed by atoms with van der Waals surface area (Å²) in [5.41, 5.74) is 1.39. The lowest BCUT2D eigenvalue weighted by molar-refractivity contribution is 0.101. The third-order valence-corrected chi connectivity index (χ3v) is 1.93. The Bertz CT molecular complexity index is 461. The minimum Gasteiger partial charge on any atom is -0.294 e. The molecule has 78 valence electrons. The highest BCUT2D eigenvalue weighted by molar-refractivity contribution is 6.05. The molecule has 0 aliphatic carbocycles. The summed E-state index contributed by atoms with van der Waals surface area (Å²) in [6.07, 6.45) is 1.50. The number of hydrogen-bond acceptors (Lipinski definition) is 3. The van der Waals surface area contributed by atoms with Crippen LogP contribution in [0, 0.1) is 0 Å². The first-order valence-electron chi connectivity index (χ1n) is 5.00. The van der Waals surface area contributed by atoms with Crippen molar-refractivity contribution in [1.29, 1.82) is 0 Å². The summed E-state index contributed by atoms with van der Waals surface area (Å²) in [6, 6.07) is 7.48. The highest BCUT2D eigenvalue weighted by Gasteiger charge is 2.05. The predicted molar refractivity (Wildman–Crippen MR) is 60.9 cm³/mol. The first kappa shape index (κ1) is 11.3. The molecule has 0 aliphatic heterocycles. The number of nitrogens with zero attached hydrogens (tertiary/aromatic N) is 2. The summed E-state index contributed by atoms with van der Waals surface area (Å²) in [6.45, 7) is 5.53. The third kappa shape index (κ3) is 2.37. The van der Waals surface area contributed by atoms with E-state index >= 15 is 0 Å². The van der Waals surface area contributed by atoms with Crippen molar-refractivity contribution in [2.75, 3.05) is 0 Å². The van der Waals surface area contributed by atoms with Crippen LogP contribution < -0.4 is 0 Å². The fourth-order valence-electron chi connectivity index (χ4n) is 1.29. The summed E-state index contributed by atoms with van der Waals surface area (Å²) >= 11 is 0. The molecule has 0 spiro atoms. The largest absolute Gasteiger partial charge is 0.294 e. The maximum absolute atomic E-state index is 11.2. The molecule has 1 aromatic heterocycles. The van der Waals surface area contributed by atoms with E-state index in [0.717, 1.165) is 10.9 Å². The Kier molecular flexibility index (Phi) is 3.92. The van der Waals surface area contributed by atoms with Gasteiger partial charge in [0.15, 0.2) is 5.78 Å². The molecule has 0 amide bonds. The molecular weight excluding hydrogens is 188 g/mol. The number of hydrogen-bond donors (Lipinski definition) is 0. The first-order valence-corrected chi connectivity index (χ1v) is 5.00. The van der Waals surface area contributed by atoms with Gasteiger partial charge in [-0.05, 0) is 13.0 Å². The van der Waals surface area contributed by atoms with E-state index in [-0.39, 0.29) is 5.78 Å². The Labute approximate surface area is 89.1 Å². The summed E-state index contributed by atoms with van der Waals surface area (Å²) in [5, 5.41) is 8.55. The molecule has 3 heteroatoms. The summed E-state index contributed by atoms with van der Waals surface area (Å²) in [5.74, 6) is 0.0195. The van der Waals surface area contributed by atoms with Crippen LogP contribution in [0.5, 0.6) is 0 Å². The SMILES string of the molecule is CC.CC(=O)c1cnnc2ccccc12. The number of aromatic nitrogens is 2. The number of rotatable bonds is 1. The highest BCUT2D eigenvalue weighted by Crippen LogP contribution is 2.14. The number of fused-ring (bicyclic) bond motifs is 1. The Balaban J connectivity index is 0.000000531. The Morgan fingerprint density at radius 2 is 1.87 bits per heavy atom. The number of carbonyl (C=O) groups is 1. The van der Waals surface area contributed by atoms with E-state index in [4.69, 9.17) is 0 Å². The minimum atomic E-state index is 0.0195. The van der Waals surface area contributed by atoms with Crippen molar-refractivity contribution in [3.63, 3.8) is 0 Å². The van der Waals surface area contributed by atoms with Gasteiger partial charge in [0.25, 0.3) is 0 Å². The number of Topliss-reactive ketones (excluding diaryl/α,β-unsaturated/α-hetero) is 1. The lowest BCUT2D eigenvalue weighted by atomic mass is 10.1. The molecule has 15 heavy (non-hydrogen) atoms. The lowest BCUT2D eigenvalue weighted by Gasteiger charge is -1.99. The van der Waals surface area contributed by atoms with Gasteiger partial charge in [0.1, 0.15) is 0 Å². The van der Waals surface area contributed by atoms with Crippen LogP contribution in [0.3, 0.4) is 0 Å². The Morgan fingerprint density at radius 3 is 2.53 bits per heavy atom. The zero-order valence-corrected chi connectivity index (χ0v) is 9.19. The van der Waals surface area contributed by atoms with Crippen LogP contribution in [-0.2, 0) is 0 Å². The average Bonchev–Trinajstić information content (AvgIpc) is 2.31. The zero-order valence-electron chi connectivity index (χ0n) is 9.19. The normalized spacial score (nSPS) is 9.27. The topological polar surface area (TPSA) is 42.9 Å². The second kappa shape index (κ2) is 5.20. The maximum atomic E-state index is 11.2. The zero-order chi connectivity index (χ0) is 11.3. The van der Waals surface area contributed by atoms with Crippen molar-refractivity contribution < 1.29 is 4.79 Å². The van der Waals surface area contributed by atoms with Crippen LogP contribution in [0.1, 0.15) is 31.1 Å². The monoisotopic (exact) mass is 202 g/mol. The van der Waals surface area contributed by atoms with Crippen molar-refractivity contribution in [2.24, 2.45) is 0 Å². The lowest BCUT2D eigenvalue weighted by Crippen LogP contribution is -1.96. The molecule has 0 fully saturated rings. The van der Waals surface area contributed by atoms with Gasteiger partial charge < -0.3 is 0 Å². The number of ketones is 1. The number of benzene rings is 1. The molecule has 1 heterocycles. The average molecular weight is 202 g/mol. The van der Waals surface area contributed by atoms with E-state index in [0.29, 0.717) is 5.56 Å². The van der Waals surface area contributed by atoms with Crippen LogP contribution in [0.4, 0.5) is 0 Å². The molecule has 2 rings (SSSR count). The second-order valence-corrected chi connectivity index (χ2v) is 2.83. The van der Waals surface area contributed by atoms with E-state index in [1.807, 2.05) is 38.1 Å². The molecule has 0 bridgehead atoms. The smallest absolute Gasteiger partial charge is 0.162 e. The van der Waals surface area contributed by atoms with E-state index < -0.39 is 0 Å². The van der Waals surface area contributed by atoms with Gasteiger partial charge in [-0.15, -0.1) is 0 Å². The molecule has 1 aromatic carbocycles. The maximum Gasteiger partial charge on any atom is 0.162 e. The van der Waals surface area contributed by atoms with Gasteiger partial charge in [-0.3, -0.25) is 4.79 Å². The van der Waals surface area contributed by atoms with Gasteiger partial charge in [0, 0.05) is 10.9 Å². The van der Waals surface area contributed by atoms with Crippen molar-refractivity contribution in [3.05, 3.63) is 36.0 Å². The third-order valence-electron chi connectivity index (χ3n) is 1.93. The van der Waals surface area contributed by atoms with Crippen molar-refractivity contribution in [2.45, 2.75) is 20.8 Å². The van der Waals surface area contributed by atoms with Gasteiger partial charge in [0.2, 0.25) is 0 Å². The fraction of sp³-hybridized carbons (Fsp3) is 0.250. The van der Waals surface area contributed by atoms with Crippen LogP contribution >= 0.6 is 0 Å². The van der Waals surface area contributed by atoms with Gasteiger partial charge in [-0.25, -0.2) is 0 Å². The molecule has 0 saturated carbocycles. The van der Waals surface area contributed by atoms with Gasteiger partial charge in [0.05, 0.1) is 11.7 Å². The van der Waals surface area contributed by atoms with Gasteiger partial charge >= 0.3 is 0 Å². The molecule has 0 unspecified atom stereocenters. The molecule has 2 aromatic rings. The van der Waals surface area contributed by atoms with Crippen LogP contribution in [-0.4, -0.2) is 16.0 Å². The molecule has 3 nitrogen and oxygen atoms in total. The van der Waals surface area contributed by atoms with E-state index in [2.05, 4.69) is 10.2 Å². The molecule has 0 atom stereocenters. The van der Waals surface area contributed by atoms with Crippen molar-refractivity contribution in [3.8, 4) is 0 Å². The molecule has 0 saturated heterocycles. The van der Waals surface area contributed by atoms with Crippen LogP contribution in [0.2, 0.25) is 0 Å². The van der Waals surface area contributed by atoms with Gasteiger partial charge in [-0.1, -0.05) is 32.0 Å². The Hall–Kier alpha value is -1.77. The van der Waals surface area contributed by atoms with E-state index in [1.165, 1.54) is 13.1 Å². The summed E-state index contributed by atoms with van der Waals surface area (Å²) in [4.78, 5) is 11.2. The van der Waals surface area contributed by atoms with Crippen LogP contribution in [0.15, 0.2) is 30.5 Å². The quantitative estimate of drug-likeness (QED) is 0.668. The van der Waals surface area contributed by atoms with Gasteiger partial charge in [-0.2, -0.15) is 10.2 Å². The van der Waals surface area contributed by atoms with Crippen molar-refractivity contribution in [1.82, 2.24) is 10.2 Å². The van der Waals surface area contributed by atoms with E-state index in [1.54, 1.807) is 0 Å². The van der Waals surface area contributed by atoms with Crippen molar-refractivity contribution >= 4 is 16.7 Å². The molecular formula is C12H14N2O. The molecule has 0 aliphatic rings. The first-order chi connectivity index (χ1) is 7.29. The van der Waals surface area contributed by atoms with Crippen LogP contribution in [0.25, 0.3) is 10.9 Å². The number of carbonyl (C=O) groups excluding carboxylic acids is 1. The summed E-state index contributed by atoms with van der Waals surface area (Å²) < 4.78 is 0.